The van der Waals surface area contributed by atoms with Crippen LogP contribution >= 0.6 is 15.9 Å². The molecule has 0 bridgehead atoms. The summed E-state index contributed by atoms with van der Waals surface area (Å²) in [6.07, 6.45) is 3.37. The fourth-order valence-electron chi connectivity index (χ4n) is 2.28. The molecule has 0 aliphatic carbocycles. The van der Waals surface area contributed by atoms with Gasteiger partial charge in [-0.2, -0.15) is 5.10 Å². The average molecular weight is 387 g/mol. The zero-order valence-corrected chi connectivity index (χ0v) is 14.8. The number of nitrogens with zero attached hydrogens (tertiary/aromatic N) is 4. The zero-order valence-electron chi connectivity index (χ0n) is 13.2. The lowest BCUT2D eigenvalue weighted by Gasteiger charge is -2.17. The topological polar surface area (TPSA) is 60.2 Å². The molecule has 3 aromatic rings. The van der Waals surface area contributed by atoms with Gasteiger partial charge in [0, 0.05) is 23.9 Å². The number of anilines is 1. The third-order valence-corrected chi connectivity index (χ3v) is 3.98. The van der Waals surface area contributed by atoms with E-state index >= 15 is 0 Å². The highest BCUT2D eigenvalue weighted by Crippen LogP contribution is 2.25. The maximum absolute atomic E-state index is 12.7. The highest BCUT2D eigenvalue weighted by Gasteiger charge is 2.20. The first-order valence-corrected chi connectivity index (χ1v) is 7.98. The molecule has 0 fully saturated rings. The van der Waals surface area contributed by atoms with Crippen molar-refractivity contribution in [2.75, 3.05) is 19.1 Å². The van der Waals surface area contributed by atoms with Gasteiger partial charge in [0.15, 0.2) is 5.69 Å². The van der Waals surface area contributed by atoms with Crippen LogP contribution in [0.3, 0.4) is 0 Å². The van der Waals surface area contributed by atoms with Gasteiger partial charge < -0.3 is 9.64 Å². The van der Waals surface area contributed by atoms with Gasteiger partial charge in [-0.25, -0.2) is 9.67 Å². The Morgan fingerprint density at radius 1 is 1.25 bits per heavy atom. The lowest BCUT2D eigenvalue weighted by atomic mass is 10.3. The van der Waals surface area contributed by atoms with Crippen molar-refractivity contribution >= 4 is 27.5 Å². The van der Waals surface area contributed by atoms with Crippen LogP contribution in [0.25, 0.3) is 5.69 Å². The van der Waals surface area contributed by atoms with Crippen LogP contribution in [0, 0.1) is 0 Å². The molecule has 0 aliphatic rings. The third kappa shape index (κ3) is 3.16. The monoisotopic (exact) mass is 386 g/mol. The number of benzene rings is 1. The van der Waals surface area contributed by atoms with Gasteiger partial charge in [0.2, 0.25) is 5.88 Å². The molecule has 2 aromatic heterocycles. The smallest absolute Gasteiger partial charge is 0.278 e. The van der Waals surface area contributed by atoms with E-state index in [0.29, 0.717) is 17.3 Å². The molecule has 24 heavy (non-hydrogen) atoms. The first kappa shape index (κ1) is 16.2. The molecule has 1 amide bonds. The Balaban J connectivity index is 1.88. The van der Waals surface area contributed by atoms with Crippen LogP contribution in [0.2, 0.25) is 0 Å². The summed E-state index contributed by atoms with van der Waals surface area (Å²) in [7, 11) is 3.19. The van der Waals surface area contributed by atoms with Gasteiger partial charge in [0.1, 0.15) is 5.69 Å². The maximum atomic E-state index is 12.7. The minimum absolute atomic E-state index is 0.241. The van der Waals surface area contributed by atoms with E-state index in [1.165, 1.54) is 12.0 Å². The molecule has 2 heterocycles. The van der Waals surface area contributed by atoms with Gasteiger partial charge in [0.05, 0.1) is 12.8 Å². The van der Waals surface area contributed by atoms with E-state index in [0.717, 1.165) is 10.2 Å². The lowest BCUT2D eigenvalue weighted by molar-refractivity contribution is 0.0987. The van der Waals surface area contributed by atoms with Crippen LogP contribution in [0.1, 0.15) is 10.5 Å². The van der Waals surface area contributed by atoms with Crippen LogP contribution in [0.15, 0.2) is 59.3 Å². The van der Waals surface area contributed by atoms with E-state index in [2.05, 4.69) is 26.0 Å². The van der Waals surface area contributed by atoms with Crippen molar-refractivity contribution in [3.8, 4) is 11.6 Å². The predicted octanol–water partition coefficient (Wildman–Crippen LogP) is 3.32. The number of halogens is 1. The number of ether oxygens (including phenoxy) is 1. The van der Waals surface area contributed by atoms with Crippen molar-refractivity contribution in [2.24, 2.45) is 0 Å². The Bertz CT molecular complexity index is 878. The normalized spacial score (nSPS) is 10.5. The summed E-state index contributed by atoms with van der Waals surface area (Å²) >= 11 is 3.43. The summed E-state index contributed by atoms with van der Waals surface area (Å²) in [6.45, 7) is 0. The Labute approximate surface area is 147 Å². The van der Waals surface area contributed by atoms with Crippen molar-refractivity contribution in [3.05, 3.63) is 65.0 Å². The van der Waals surface area contributed by atoms with Gasteiger partial charge in [0.25, 0.3) is 5.91 Å². The quantitative estimate of drug-likeness (QED) is 0.689. The molecule has 0 unspecified atom stereocenters. The molecule has 7 heteroatoms. The molecular formula is C17H15BrN4O2. The minimum Gasteiger partial charge on any atom is -0.480 e. The van der Waals surface area contributed by atoms with Gasteiger partial charge in [-0.05, 0) is 36.4 Å². The van der Waals surface area contributed by atoms with Crippen LogP contribution < -0.4 is 9.64 Å². The lowest BCUT2D eigenvalue weighted by Crippen LogP contribution is -2.27. The minimum atomic E-state index is -0.241. The highest BCUT2D eigenvalue weighted by atomic mass is 79.9. The Kier molecular flexibility index (Phi) is 4.61. The average Bonchev–Trinajstić information content (AvgIpc) is 3.10. The second-order valence-corrected chi connectivity index (χ2v) is 5.94. The summed E-state index contributed by atoms with van der Waals surface area (Å²) in [4.78, 5) is 18.3. The number of carbonyl (C=O) groups is 1. The molecule has 0 atom stereocenters. The number of methoxy groups -OCH3 is 1. The van der Waals surface area contributed by atoms with E-state index in [1.807, 2.05) is 24.3 Å². The summed E-state index contributed by atoms with van der Waals surface area (Å²) in [5.41, 5.74) is 1.79. The number of amides is 1. The van der Waals surface area contributed by atoms with E-state index in [9.17, 15) is 4.79 Å². The standard InChI is InChI=1S/C17H15BrN4O2/c1-21(15-7-4-9-19-16(15)24-2)17(23)14-8-10-22(20-14)13-6-3-5-12(18)11-13/h3-11H,1-2H3. The van der Waals surface area contributed by atoms with E-state index in [1.54, 1.807) is 42.3 Å². The van der Waals surface area contributed by atoms with Crippen LogP contribution in [0.4, 0.5) is 5.69 Å². The van der Waals surface area contributed by atoms with Gasteiger partial charge in [-0.3, -0.25) is 4.79 Å². The van der Waals surface area contributed by atoms with Crippen molar-refractivity contribution in [2.45, 2.75) is 0 Å². The highest BCUT2D eigenvalue weighted by molar-refractivity contribution is 9.10. The first-order chi connectivity index (χ1) is 11.6. The Morgan fingerprint density at radius 2 is 2.08 bits per heavy atom. The van der Waals surface area contributed by atoms with E-state index in [4.69, 9.17) is 4.74 Å². The van der Waals surface area contributed by atoms with Crippen molar-refractivity contribution < 1.29 is 9.53 Å². The van der Waals surface area contributed by atoms with Gasteiger partial charge in [-0.15, -0.1) is 0 Å². The maximum Gasteiger partial charge on any atom is 0.278 e. The van der Waals surface area contributed by atoms with Gasteiger partial charge >= 0.3 is 0 Å². The molecule has 0 saturated carbocycles. The van der Waals surface area contributed by atoms with Crippen LogP contribution in [-0.2, 0) is 0 Å². The molecule has 0 spiro atoms. The molecular weight excluding hydrogens is 372 g/mol. The number of pyridine rings is 1. The van der Waals surface area contributed by atoms with Crippen molar-refractivity contribution in [1.29, 1.82) is 0 Å². The molecule has 0 radical (unpaired) electrons. The fourth-order valence-corrected chi connectivity index (χ4v) is 2.66. The molecule has 1 aromatic carbocycles. The number of hydrogen-bond donors (Lipinski definition) is 0. The Morgan fingerprint density at radius 3 is 2.83 bits per heavy atom. The van der Waals surface area contributed by atoms with Crippen molar-refractivity contribution in [3.63, 3.8) is 0 Å². The van der Waals surface area contributed by atoms with E-state index < -0.39 is 0 Å². The summed E-state index contributed by atoms with van der Waals surface area (Å²) in [5, 5.41) is 4.37. The number of aromatic nitrogens is 3. The first-order valence-electron chi connectivity index (χ1n) is 7.19. The summed E-state index contributed by atoms with van der Waals surface area (Å²) < 4.78 is 7.81. The number of hydrogen-bond acceptors (Lipinski definition) is 4. The van der Waals surface area contributed by atoms with Gasteiger partial charge in [-0.1, -0.05) is 22.0 Å². The van der Waals surface area contributed by atoms with Crippen molar-refractivity contribution in [1.82, 2.24) is 14.8 Å². The number of carbonyl (C=O) groups excluding carboxylic acids is 1. The molecule has 0 aliphatic heterocycles. The van der Waals surface area contributed by atoms with Crippen LogP contribution in [-0.4, -0.2) is 34.8 Å². The summed E-state index contributed by atoms with van der Waals surface area (Å²) in [6, 6.07) is 12.9. The third-order valence-electron chi connectivity index (χ3n) is 3.49. The SMILES string of the molecule is COc1ncccc1N(C)C(=O)c1ccn(-c2cccc(Br)c2)n1. The second-order valence-electron chi connectivity index (χ2n) is 5.02. The zero-order chi connectivity index (χ0) is 17.1. The largest absolute Gasteiger partial charge is 0.480 e. The molecule has 3 rings (SSSR count). The predicted molar refractivity (Wildman–Crippen MR) is 94.8 cm³/mol. The fraction of sp³-hybridized carbons (Fsp3) is 0.118. The second kappa shape index (κ2) is 6.84. The molecule has 122 valence electrons. The molecule has 6 nitrogen and oxygen atoms in total. The molecule has 0 saturated heterocycles. The summed E-state index contributed by atoms with van der Waals surface area (Å²) in [5.74, 6) is 0.148. The number of rotatable bonds is 4. The van der Waals surface area contributed by atoms with E-state index in [-0.39, 0.29) is 5.91 Å². The Hall–Kier alpha value is -2.67. The molecule has 0 N–H and O–H groups in total. The van der Waals surface area contributed by atoms with Crippen LogP contribution in [0.5, 0.6) is 5.88 Å².